The molecule has 0 saturated carbocycles. The van der Waals surface area contributed by atoms with E-state index in [1.165, 1.54) is 6.07 Å². The Morgan fingerprint density at radius 2 is 2.05 bits per heavy atom. The molecule has 0 aliphatic heterocycles. The monoisotopic (exact) mass is 382 g/mol. The van der Waals surface area contributed by atoms with Gasteiger partial charge in [0.1, 0.15) is 18.2 Å². The van der Waals surface area contributed by atoms with Crippen LogP contribution >= 0.6 is 28.1 Å². The summed E-state index contributed by atoms with van der Waals surface area (Å²) in [4.78, 5) is 11.8. The molecule has 114 valence electrons. The van der Waals surface area contributed by atoms with Gasteiger partial charge in [-0.1, -0.05) is 18.2 Å². The minimum Gasteiger partial charge on any atom is -0.488 e. The van der Waals surface area contributed by atoms with Crippen LogP contribution in [0.4, 0.5) is 4.39 Å². The second-order valence-corrected chi connectivity index (χ2v) is 5.64. The van der Waals surface area contributed by atoms with E-state index < -0.39 is 5.91 Å². The highest BCUT2D eigenvalue weighted by Crippen LogP contribution is 2.27. The first-order valence-electron chi connectivity index (χ1n) is 6.24. The Balaban J connectivity index is 2.08. The van der Waals surface area contributed by atoms with Crippen molar-refractivity contribution in [3.8, 4) is 5.75 Å². The zero-order valence-corrected chi connectivity index (χ0v) is 13.7. The number of hydrogen-bond donors (Lipinski definition) is 2. The zero-order chi connectivity index (χ0) is 16.1. The highest BCUT2D eigenvalue weighted by atomic mass is 79.9. The van der Waals surface area contributed by atoms with Crippen LogP contribution < -0.4 is 15.8 Å². The van der Waals surface area contributed by atoms with E-state index in [1.54, 1.807) is 36.4 Å². The van der Waals surface area contributed by atoms with Crippen molar-refractivity contribution in [2.24, 2.45) is 5.73 Å². The molecule has 2 aromatic rings. The van der Waals surface area contributed by atoms with E-state index in [-0.39, 0.29) is 17.5 Å². The molecule has 0 aliphatic carbocycles. The molecular formula is C15H12BrFN2O2S. The van der Waals surface area contributed by atoms with Crippen LogP contribution in [-0.4, -0.2) is 11.0 Å². The number of ether oxygens (including phenoxy) is 1. The number of hydrogen-bond acceptors (Lipinski definition) is 3. The largest absolute Gasteiger partial charge is 0.488 e. The number of carbonyl (C=O) groups is 1. The summed E-state index contributed by atoms with van der Waals surface area (Å²) in [7, 11) is 0. The summed E-state index contributed by atoms with van der Waals surface area (Å²) >= 11 is 7.92. The molecule has 0 radical (unpaired) electrons. The van der Waals surface area contributed by atoms with Crippen LogP contribution in [0, 0.1) is 5.82 Å². The van der Waals surface area contributed by atoms with Gasteiger partial charge in [-0.15, -0.1) is 0 Å². The van der Waals surface area contributed by atoms with Gasteiger partial charge in [0.2, 0.25) is 0 Å². The van der Waals surface area contributed by atoms with Gasteiger partial charge in [-0.25, -0.2) is 4.39 Å². The summed E-state index contributed by atoms with van der Waals surface area (Å²) in [6.45, 7) is 0.0870. The second-order valence-electron chi connectivity index (χ2n) is 4.34. The molecule has 2 aromatic carbocycles. The quantitative estimate of drug-likeness (QED) is 0.797. The molecule has 4 nitrogen and oxygen atoms in total. The summed E-state index contributed by atoms with van der Waals surface area (Å²) < 4.78 is 19.6. The lowest BCUT2D eigenvalue weighted by atomic mass is 10.2. The first-order chi connectivity index (χ1) is 10.5. The van der Waals surface area contributed by atoms with E-state index in [1.807, 2.05) is 0 Å². The van der Waals surface area contributed by atoms with Crippen LogP contribution in [0.5, 0.6) is 5.75 Å². The average Bonchev–Trinajstić information content (AvgIpc) is 2.46. The van der Waals surface area contributed by atoms with Crippen LogP contribution in [0.15, 0.2) is 46.9 Å². The van der Waals surface area contributed by atoms with Crippen LogP contribution in [-0.2, 0) is 6.61 Å². The predicted octanol–water partition coefficient (Wildman–Crippen LogP) is 3.14. The van der Waals surface area contributed by atoms with Crippen molar-refractivity contribution in [1.29, 1.82) is 0 Å². The summed E-state index contributed by atoms with van der Waals surface area (Å²) in [5.41, 5.74) is 6.07. The molecule has 0 saturated heterocycles. The van der Waals surface area contributed by atoms with Crippen molar-refractivity contribution in [3.63, 3.8) is 0 Å². The Kier molecular flexibility index (Phi) is 5.46. The van der Waals surface area contributed by atoms with Gasteiger partial charge in [-0.3, -0.25) is 10.1 Å². The van der Waals surface area contributed by atoms with Crippen LogP contribution in [0.1, 0.15) is 15.9 Å². The minimum absolute atomic E-state index is 0.0870. The van der Waals surface area contributed by atoms with Gasteiger partial charge in [-0.05, 0) is 52.4 Å². The number of carbonyl (C=O) groups excluding carboxylic acids is 1. The number of amides is 1. The van der Waals surface area contributed by atoms with Crippen LogP contribution in [0.2, 0.25) is 0 Å². The first-order valence-corrected chi connectivity index (χ1v) is 7.44. The fourth-order valence-corrected chi connectivity index (χ4v) is 2.30. The molecule has 3 N–H and O–H groups in total. The molecule has 0 heterocycles. The fourth-order valence-electron chi connectivity index (χ4n) is 1.71. The van der Waals surface area contributed by atoms with Gasteiger partial charge in [0.15, 0.2) is 5.11 Å². The first kappa shape index (κ1) is 16.4. The van der Waals surface area contributed by atoms with E-state index in [9.17, 15) is 9.18 Å². The zero-order valence-electron chi connectivity index (χ0n) is 11.3. The van der Waals surface area contributed by atoms with E-state index in [4.69, 9.17) is 10.5 Å². The maximum atomic E-state index is 13.5. The molecule has 0 aromatic heterocycles. The van der Waals surface area contributed by atoms with Crippen molar-refractivity contribution in [2.75, 3.05) is 0 Å². The SMILES string of the molecule is NC(=S)NC(=O)c1ccc(OCc2ccccc2F)c(Br)c1. The molecule has 0 spiro atoms. The van der Waals surface area contributed by atoms with Crippen LogP contribution in [0.3, 0.4) is 0 Å². The number of halogens is 2. The van der Waals surface area contributed by atoms with Gasteiger partial charge < -0.3 is 10.5 Å². The Labute approximate surface area is 140 Å². The maximum absolute atomic E-state index is 13.5. The Morgan fingerprint density at radius 3 is 2.68 bits per heavy atom. The van der Waals surface area contributed by atoms with E-state index >= 15 is 0 Å². The maximum Gasteiger partial charge on any atom is 0.257 e. The molecule has 0 unspecified atom stereocenters. The second kappa shape index (κ2) is 7.33. The number of nitrogens with two attached hydrogens (primary N) is 1. The lowest BCUT2D eigenvalue weighted by Gasteiger charge is -2.10. The molecule has 0 aliphatic rings. The van der Waals surface area contributed by atoms with Crippen molar-refractivity contribution in [2.45, 2.75) is 6.61 Å². The van der Waals surface area contributed by atoms with Gasteiger partial charge in [-0.2, -0.15) is 0 Å². The number of benzene rings is 2. The number of thiocarbonyl (C=S) groups is 1. The molecule has 0 fully saturated rings. The van der Waals surface area contributed by atoms with Crippen molar-refractivity contribution in [1.82, 2.24) is 5.32 Å². The Bertz CT molecular complexity index is 724. The highest BCUT2D eigenvalue weighted by molar-refractivity contribution is 9.10. The van der Waals surface area contributed by atoms with Crippen LogP contribution in [0.25, 0.3) is 0 Å². The third-order valence-corrected chi connectivity index (χ3v) is 3.49. The molecule has 7 heteroatoms. The summed E-state index contributed by atoms with van der Waals surface area (Å²) in [6.07, 6.45) is 0. The standard InChI is InChI=1S/C15H12BrFN2O2S/c16-11-7-9(14(20)19-15(18)22)5-6-13(11)21-8-10-3-1-2-4-12(10)17/h1-7H,8H2,(H3,18,19,20,22). The molecule has 2 rings (SSSR count). The Hall–Kier alpha value is -1.99. The molecule has 1 amide bonds. The normalized spacial score (nSPS) is 10.1. The van der Waals surface area contributed by atoms with E-state index in [0.717, 1.165) is 0 Å². The summed E-state index contributed by atoms with van der Waals surface area (Å²) in [6, 6.07) is 11.1. The van der Waals surface area contributed by atoms with E-state index in [2.05, 4.69) is 33.5 Å². The van der Waals surface area contributed by atoms with Crippen molar-refractivity contribution in [3.05, 3.63) is 63.9 Å². The molecule has 0 atom stereocenters. The Morgan fingerprint density at radius 1 is 1.32 bits per heavy atom. The lowest BCUT2D eigenvalue weighted by Crippen LogP contribution is -2.34. The summed E-state index contributed by atoms with van der Waals surface area (Å²) in [5.74, 6) is -0.241. The summed E-state index contributed by atoms with van der Waals surface area (Å²) in [5, 5.41) is 2.23. The number of nitrogens with one attached hydrogen (secondary N) is 1. The topological polar surface area (TPSA) is 64.3 Å². The molecular weight excluding hydrogens is 371 g/mol. The van der Waals surface area contributed by atoms with Crippen molar-refractivity contribution >= 4 is 39.2 Å². The van der Waals surface area contributed by atoms with Gasteiger partial charge in [0, 0.05) is 11.1 Å². The van der Waals surface area contributed by atoms with E-state index in [0.29, 0.717) is 21.3 Å². The third kappa shape index (κ3) is 4.25. The van der Waals surface area contributed by atoms with Gasteiger partial charge >= 0.3 is 0 Å². The minimum atomic E-state index is -0.408. The lowest BCUT2D eigenvalue weighted by molar-refractivity contribution is 0.0977. The number of rotatable bonds is 4. The van der Waals surface area contributed by atoms with Crippen molar-refractivity contribution < 1.29 is 13.9 Å². The smallest absolute Gasteiger partial charge is 0.257 e. The molecule has 0 bridgehead atoms. The third-order valence-electron chi connectivity index (χ3n) is 2.77. The average molecular weight is 383 g/mol. The van der Waals surface area contributed by atoms with Gasteiger partial charge in [0.05, 0.1) is 4.47 Å². The molecule has 22 heavy (non-hydrogen) atoms. The predicted molar refractivity (Wildman–Crippen MR) is 89.1 cm³/mol. The fraction of sp³-hybridized carbons (Fsp3) is 0.0667. The van der Waals surface area contributed by atoms with Gasteiger partial charge in [0.25, 0.3) is 5.91 Å². The highest BCUT2D eigenvalue weighted by Gasteiger charge is 2.10.